The fraction of sp³-hybridized carbons (Fsp3) is 0.947. The maximum atomic E-state index is 5.47. The normalized spacial score (nSPS) is 24.3. The highest BCUT2D eigenvalue weighted by molar-refractivity contribution is 5.79. The molecule has 2 N–H and O–H groups in total. The first kappa shape index (κ1) is 20.5. The van der Waals surface area contributed by atoms with E-state index in [9.17, 15) is 0 Å². The molecule has 2 heterocycles. The minimum atomic E-state index is 0.0639. The highest BCUT2D eigenvalue weighted by Crippen LogP contribution is 2.16. The van der Waals surface area contributed by atoms with Crippen LogP contribution in [0.25, 0.3) is 0 Å². The summed E-state index contributed by atoms with van der Waals surface area (Å²) in [6.07, 6.45) is 2.72. The Labute approximate surface area is 154 Å². The van der Waals surface area contributed by atoms with E-state index >= 15 is 0 Å². The number of hydrogen-bond acceptors (Lipinski definition) is 4. The first-order valence-electron chi connectivity index (χ1n) is 10.1. The molecular formula is C19H39N5O. The van der Waals surface area contributed by atoms with Crippen molar-refractivity contribution in [3.8, 4) is 0 Å². The van der Waals surface area contributed by atoms with E-state index in [1.807, 2.05) is 0 Å². The van der Waals surface area contributed by atoms with E-state index < -0.39 is 0 Å². The predicted molar refractivity (Wildman–Crippen MR) is 105 cm³/mol. The number of guanidine groups is 1. The third-order valence-electron chi connectivity index (χ3n) is 5.30. The second kappa shape index (κ2) is 10.3. The van der Waals surface area contributed by atoms with E-state index in [1.54, 1.807) is 0 Å². The van der Waals surface area contributed by atoms with Gasteiger partial charge in [0.05, 0.1) is 19.8 Å². The lowest BCUT2D eigenvalue weighted by Crippen LogP contribution is -2.52. The Morgan fingerprint density at radius 2 is 1.96 bits per heavy atom. The Morgan fingerprint density at radius 1 is 1.20 bits per heavy atom. The summed E-state index contributed by atoms with van der Waals surface area (Å²) in [5, 5.41) is 6.89. The molecule has 0 spiro atoms. The molecule has 2 fully saturated rings. The Bertz CT molecular complexity index is 407. The summed E-state index contributed by atoms with van der Waals surface area (Å²) < 4.78 is 5.47. The van der Waals surface area contributed by atoms with Crippen molar-refractivity contribution in [1.29, 1.82) is 0 Å². The van der Waals surface area contributed by atoms with Crippen LogP contribution in [0.15, 0.2) is 4.99 Å². The van der Waals surface area contributed by atoms with Crippen molar-refractivity contribution in [3.63, 3.8) is 0 Å². The first-order valence-corrected chi connectivity index (χ1v) is 10.1. The third kappa shape index (κ3) is 7.12. The molecule has 1 atom stereocenters. The van der Waals surface area contributed by atoms with Crippen LogP contribution in [0.1, 0.15) is 40.5 Å². The SMILES string of the molecule is CCNC(=NCC(C)(C)N1CCOCC1)NCCN1CCCC(C)C1. The summed E-state index contributed by atoms with van der Waals surface area (Å²) in [4.78, 5) is 9.91. The summed E-state index contributed by atoms with van der Waals surface area (Å²) in [5.74, 6) is 1.78. The highest BCUT2D eigenvalue weighted by Gasteiger charge is 2.28. The molecule has 0 aromatic carbocycles. The summed E-state index contributed by atoms with van der Waals surface area (Å²) in [5.41, 5.74) is 0.0639. The zero-order valence-electron chi connectivity index (χ0n) is 16.8. The van der Waals surface area contributed by atoms with Crippen LogP contribution in [-0.2, 0) is 4.74 Å². The molecule has 146 valence electrons. The highest BCUT2D eigenvalue weighted by atomic mass is 16.5. The molecule has 0 aromatic rings. The van der Waals surface area contributed by atoms with Crippen molar-refractivity contribution in [2.75, 3.05) is 65.6 Å². The van der Waals surface area contributed by atoms with Gasteiger partial charge in [0.1, 0.15) is 0 Å². The number of nitrogens with one attached hydrogen (secondary N) is 2. The monoisotopic (exact) mass is 353 g/mol. The Balaban J connectivity index is 1.78. The van der Waals surface area contributed by atoms with Gasteiger partial charge in [0.15, 0.2) is 5.96 Å². The molecule has 1 unspecified atom stereocenters. The van der Waals surface area contributed by atoms with Crippen LogP contribution in [0.2, 0.25) is 0 Å². The Kier molecular flexibility index (Phi) is 8.46. The minimum absolute atomic E-state index is 0.0639. The van der Waals surface area contributed by atoms with Gasteiger partial charge in [-0.3, -0.25) is 9.89 Å². The largest absolute Gasteiger partial charge is 0.379 e. The van der Waals surface area contributed by atoms with Gasteiger partial charge in [-0.15, -0.1) is 0 Å². The van der Waals surface area contributed by atoms with Gasteiger partial charge in [-0.05, 0) is 46.1 Å². The van der Waals surface area contributed by atoms with Gasteiger partial charge in [-0.2, -0.15) is 0 Å². The van der Waals surface area contributed by atoms with E-state index in [1.165, 1.54) is 25.9 Å². The number of nitrogens with zero attached hydrogens (tertiary/aromatic N) is 3. The predicted octanol–water partition coefficient (Wildman–Crippen LogP) is 1.38. The van der Waals surface area contributed by atoms with E-state index in [2.05, 4.69) is 48.1 Å². The van der Waals surface area contributed by atoms with Crippen LogP contribution in [0.3, 0.4) is 0 Å². The van der Waals surface area contributed by atoms with Crippen LogP contribution >= 0.6 is 0 Å². The number of aliphatic imine (C=N–C) groups is 1. The fourth-order valence-electron chi connectivity index (χ4n) is 3.71. The lowest BCUT2D eigenvalue weighted by Gasteiger charge is -2.40. The van der Waals surface area contributed by atoms with Gasteiger partial charge in [0.2, 0.25) is 0 Å². The van der Waals surface area contributed by atoms with Crippen LogP contribution in [0, 0.1) is 5.92 Å². The molecule has 6 nitrogen and oxygen atoms in total. The van der Waals surface area contributed by atoms with E-state index in [4.69, 9.17) is 9.73 Å². The number of morpholine rings is 1. The molecule has 0 aromatic heterocycles. The minimum Gasteiger partial charge on any atom is -0.379 e. The van der Waals surface area contributed by atoms with Crippen LogP contribution < -0.4 is 10.6 Å². The molecular weight excluding hydrogens is 314 g/mol. The van der Waals surface area contributed by atoms with Crippen molar-refractivity contribution in [3.05, 3.63) is 0 Å². The summed E-state index contributed by atoms with van der Waals surface area (Å²) in [6.45, 7) is 18.9. The van der Waals surface area contributed by atoms with E-state index in [-0.39, 0.29) is 5.54 Å². The number of hydrogen-bond donors (Lipinski definition) is 2. The number of piperidine rings is 1. The Hall–Kier alpha value is -0.850. The lowest BCUT2D eigenvalue weighted by atomic mass is 10.0. The molecule has 0 radical (unpaired) electrons. The lowest BCUT2D eigenvalue weighted by molar-refractivity contribution is -0.00683. The second-order valence-corrected chi connectivity index (χ2v) is 8.08. The van der Waals surface area contributed by atoms with Gasteiger partial charge in [-0.25, -0.2) is 0 Å². The van der Waals surface area contributed by atoms with Gasteiger partial charge < -0.3 is 20.3 Å². The molecule has 25 heavy (non-hydrogen) atoms. The number of ether oxygens (including phenoxy) is 1. The number of likely N-dealkylation sites (tertiary alicyclic amines) is 1. The van der Waals surface area contributed by atoms with E-state index in [0.29, 0.717) is 0 Å². The standard InChI is InChI=1S/C19H39N5O/c1-5-20-18(21-8-10-23-9-6-7-17(2)15-23)22-16-19(3,4)24-11-13-25-14-12-24/h17H,5-16H2,1-4H3,(H2,20,21,22). The van der Waals surface area contributed by atoms with Crippen molar-refractivity contribution in [1.82, 2.24) is 20.4 Å². The van der Waals surface area contributed by atoms with E-state index in [0.717, 1.165) is 64.4 Å². The topological polar surface area (TPSA) is 52.1 Å². The number of rotatable bonds is 7. The average Bonchev–Trinajstić information content (AvgIpc) is 2.60. The second-order valence-electron chi connectivity index (χ2n) is 8.08. The first-order chi connectivity index (χ1) is 12.0. The molecule has 2 aliphatic rings. The van der Waals surface area contributed by atoms with Gasteiger partial charge in [0.25, 0.3) is 0 Å². The van der Waals surface area contributed by atoms with Gasteiger partial charge >= 0.3 is 0 Å². The average molecular weight is 354 g/mol. The zero-order chi connectivity index (χ0) is 18.1. The maximum Gasteiger partial charge on any atom is 0.191 e. The molecule has 2 saturated heterocycles. The molecule has 2 aliphatic heterocycles. The third-order valence-corrected chi connectivity index (χ3v) is 5.30. The zero-order valence-corrected chi connectivity index (χ0v) is 16.8. The molecule has 0 aliphatic carbocycles. The van der Waals surface area contributed by atoms with Crippen LogP contribution in [0.5, 0.6) is 0 Å². The van der Waals surface area contributed by atoms with Crippen molar-refractivity contribution in [2.24, 2.45) is 10.9 Å². The molecule has 0 amide bonds. The van der Waals surface area contributed by atoms with Crippen LogP contribution in [-0.4, -0.2) is 86.9 Å². The maximum absolute atomic E-state index is 5.47. The van der Waals surface area contributed by atoms with Crippen molar-refractivity contribution >= 4 is 5.96 Å². The molecule has 0 bridgehead atoms. The van der Waals surface area contributed by atoms with Crippen molar-refractivity contribution in [2.45, 2.75) is 46.1 Å². The fourth-order valence-corrected chi connectivity index (χ4v) is 3.71. The van der Waals surface area contributed by atoms with Crippen LogP contribution in [0.4, 0.5) is 0 Å². The summed E-state index contributed by atoms with van der Waals surface area (Å²) in [7, 11) is 0. The Morgan fingerprint density at radius 3 is 2.64 bits per heavy atom. The molecule has 0 saturated carbocycles. The summed E-state index contributed by atoms with van der Waals surface area (Å²) in [6, 6.07) is 0. The quantitative estimate of drug-likeness (QED) is 0.535. The summed E-state index contributed by atoms with van der Waals surface area (Å²) >= 11 is 0. The molecule has 6 heteroatoms. The smallest absolute Gasteiger partial charge is 0.191 e. The molecule has 2 rings (SSSR count). The van der Waals surface area contributed by atoms with Crippen molar-refractivity contribution < 1.29 is 4.74 Å². The van der Waals surface area contributed by atoms with Gasteiger partial charge in [0, 0.05) is 44.8 Å². The van der Waals surface area contributed by atoms with Gasteiger partial charge in [-0.1, -0.05) is 6.92 Å².